The van der Waals surface area contributed by atoms with Crippen LogP contribution in [0.2, 0.25) is 0 Å². The zero-order valence-corrected chi connectivity index (χ0v) is 28.3. The lowest BCUT2D eigenvalue weighted by Crippen LogP contribution is -2.11. The molecular formula is C47H30N4O. The van der Waals surface area contributed by atoms with Crippen molar-refractivity contribution in [2.75, 3.05) is 9.80 Å². The van der Waals surface area contributed by atoms with Gasteiger partial charge in [0.15, 0.2) is 0 Å². The van der Waals surface area contributed by atoms with Crippen molar-refractivity contribution in [2.45, 2.75) is 6.92 Å². The van der Waals surface area contributed by atoms with Crippen LogP contribution in [0.25, 0.3) is 43.5 Å². The van der Waals surface area contributed by atoms with E-state index in [1.54, 1.807) is 0 Å². The molecule has 8 aromatic carbocycles. The van der Waals surface area contributed by atoms with Gasteiger partial charge in [-0.05, 0) is 126 Å². The maximum absolute atomic E-state index is 10.00. The van der Waals surface area contributed by atoms with Crippen LogP contribution in [0.15, 0.2) is 168 Å². The molecule has 52 heavy (non-hydrogen) atoms. The molecule has 0 radical (unpaired) electrons. The molecule has 0 aliphatic carbocycles. The van der Waals surface area contributed by atoms with Gasteiger partial charge in [-0.3, -0.25) is 0 Å². The van der Waals surface area contributed by atoms with Crippen molar-refractivity contribution < 1.29 is 4.42 Å². The standard InChI is InChI=1S/C47H30N4O/c1-31-15-19-39(20-16-31)51(45-14-8-6-10-35(45)30-49)41-22-18-33-26-43-42-25-32-17-21-40(23-36(32)27-46(42)52-47(43)28-37(33)24-41)50(38-11-3-2-4-12-38)44-13-7-5-9-34(44)29-48/h2-28H,1H3. The molecule has 0 atom stereocenters. The van der Waals surface area contributed by atoms with Crippen molar-refractivity contribution in [3.05, 3.63) is 180 Å². The van der Waals surface area contributed by atoms with E-state index in [4.69, 9.17) is 4.42 Å². The second-order valence-electron chi connectivity index (χ2n) is 13.0. The average Bonchev–Trinajstić information content (AvgIpc) is 3.53. The van der Waals surface area contributed by atoms with Gasteiger partial charge in [0.05, 0.1) is 22.5 Å². The summed E-state index contributed by atoms with van der Waals surface area (Å²) >= 11 is 0. The first-order valence-electron chi connectivity index (χ1n) is 17.1. The van der Waals surface area contributed by atoms with E-state index < -0.39 is 0 Å². The number of furan rings is 1. The average molecular weight is 667 g/mol. The van der Waals surface area contributed by atoms with E-state index in [1.807, 2.05) is 66.7 Å². The summed E-state index contributed by atoms with van der Waals surface area (Å²) in [7, 11) is 0. The van der Waals surface area contributed by atoms with Crippen LogP contribution in [0, 0.1) is 29.6 Å². The summed E-state index contributed by atoms with van der Waals surface area (Å²) in [5.74, 6) is 0. The molecule has 9 aromatic rings. The molecule has 5 nitrogen and oxygen atoms in total. The number of anilines is 6. The second kappa shape index (κ2) is 12.5. The fraction of sp³-hybridized carbons (Fsp3) is 0.0213. The molecule has 0 aliphatic rings. The van der Waals surface area contributed by atoms with Crippen LogP contribution in [-0.4, -0.2) is 0 Å². The van der Waals surface area contributed by atoms with E-state index in [-0.39, 0.29) is 0 Å². The molecule has 244 valence electrons. The Hall–Kier alpha value is -7.34. The lowest BCUT2D eigenvalue weighted by atomic mass is 10.0. The molecule has 0 saturated carbocycles. The summed E-state index contributed by atoms with van der Waals surface area (Å²) in [4.78, 5) is 4.26. The third kappa shape index (κ3) is 5.26. The number of rotatable bonds is 6. The van der Waals surface area contributed by atoms with E-state index in [0.717, 1.165) is 77.6 Å². The predicted molar refractivity (Wildman–Crippen MR) is 212 cm³/mol. The Morgan fingerprint density at radius 3 is 1.37 bits per heavy atom. The molecule has 0 fully saturated rings. The van der Waals surface area contributed by atoms with Crippen LogP contribution < -0.4 is 9.80 Å². The summed E-state index contributed by atoms with van der Waals surface area (Å²) < 4.78 is 6.58. The van der Waals surface area contributed by atoms with Gasteiger partial charge in [-0.25, -0.2) is 0 Å². The summed E-state index contributed by atoms with van der Waals surface area (Å²) in [6.07, 6.45) is 0. The van der Waals surface area contributed by atoms with E-state index in [9.17, 15) is 10.5 Å². The third-order valence-electron chi connectivity index (χ3n) is 9.71. The van der Waals surface area contributed by atoms with Crippen molar-refractivity contribution >= 4 is 77.6 Å². The van der Waals surface area contributed by atoms with Crippen LogP contribution in [0.1, 0.15) is 16.7 Å². The normalized spacial score (nSPS) is 11.1. The van der Waals surface area contributed by atoms with Gasteiger partial charge in [-0.15, -0.1) is 0 Å². The summed E-state index contributed by atoms with van der Waals surface area (Å²) in [6, 6.07) is 60.1. The largest absolute Gasteiger partial charge is 0.456 e. The Kier molecular flexibility index (Phi) is 7.39. The topological polar surface area (TPSA) is 67.2 Å². The Labute approximate surface area is 301 Å². The van der Waals surface area contributed by atoms with E-state index in [2.05, 4.69) is 126 Å². The molecule has 0 bridgehead atoms. The zero-order valence-electron chi connectivity index (χ0n) is 28.3. The molecule has 5 heteroatoms. The van der Waals surface area contributed by atoms with Crippen LogP contribution in [-0.2, 0) is 0 Å². The zero-order chi connectivity index (χ0) is 35.2. The fourth-order valence-corrected chi connectivity index (χ4v) is 7.17. The minimum atomic E-state index is 0.602. The van der Waals surface area contributed by atoms with Gasteiger partial charge >= 0.3 is 0 Å². The van der Waals surface area contributed by atoms with Gasteiger partial charge in [0.25, 0.3) is 0 Å². The highest BCUT2D eigenvalue weighted by atomic mass is 16.3. The first kappa shape index (κ1) is 30.7. The lowest BCUT2D eigenvalue weighted by Gasteiger charge is -2.26. The number of aryl methyl sites for hydroxylation is 1. The highest BCUT2D eigenvalue weighted by Crippen LogP contribution is 2.42. The van der Waals surface area contributed by atoms with Gasteiger partial charge < -0.3 is 14.2 Å². The number of benzene rings is 8. The van der Waals surface area contributed by atoms with Gasteiger partial charge in [0.1, 0.15) is 23.3 Å². The highest BCUT2D eigenvalue weighted by Gasteiger charge is 2.19. The minimum absolute atomic E-state index is 0.602. The molecule has 0 aliphatic heterocycles. The summed E-state index contributed by atoms with van der Waals surface area (Å²) in [5.41, 5.74) is 9.49. The Morgan fingerprint density at radius 1 is 0.423 bits per heavy atom. The molecule has 0 unspecified atom stereocenters. The monoisotopic (exact) mass is 666 g/mol. The predicted octanol–water partition coefficient (Wildman–Crippen LogP) is 12.9. The van der Waals surface area contributed by atoms with E-state index in [0.29, 0.717) is 11.1 Å². The van der Waals surface area contributed by atoms with Gasteiger partial charge in [-0.2, -0.15) is 10.5 Å². The molecule has 1 aromatic heterocycles. The Morgan fingerprint density at radius 2 is 0.865 bits per heavy atom. The summed E-state index contributed by atoms with van der Waals surface area (Å²) in [5, 5.41) is 26.3. The minimum Gasteiger partial charge on any atom is -0.456 e. The molecular weight excluding hydrogens is 637 g/mol. The highest BCUT2D eigenvalue weighted by molar-refractivity contribution is 6.14. The maximum atomic E-state index is 10.00. The number of nitrogens with zero attached hydrogens (tertiary/aromatic N) is 4. The number of nitriles is 2. The van der Waals surface area contributed by atoms with Crippen molar-refractivity contribution in [1.29, 1.82) is 10.5 Å². The van der Waals surface area contributed by atoms with Crippen molar-refractivity contribution in [3.8, 4) is 12.1 Å². The second-order valence-corrected chi connectivity index (χ2v) is 13.0. The van der Waals surface area contributed by atoms with Crippen molar-refractivity contribution in [3.63, 3.8) is 0 Å². The number of fused-ring (bicyclic) bond motifs is 5. The number of para-hydroxylation sites is 3. The summed E-state index contributed by atoms with van der Waals surface area (Å²) in [6.45, 7) is 2.07. The van der Waals surface area contributed by atoms with Crippen molar-refractivity contribution in [1.82, 2.24) is 0 Å². The van der Waals surface area contributed by atoms with Crippen LogP contribution in [0.4, 0.5) is 34.1 Å². The molecule has 0 N–H and O–H groups in total. The van der Waals surface area contributed by atoms with Gasteiger partial charge in [-0.1, -0.05) is 72.3 Å². The molecule has 0 amide bonds. The van der Waals surface area contributed by atoms with Crippen LogP contribution in [0.5, 0.6) is 0 Å². The SMILES string of the molecule is Cc1ccc(N(c2ccc3cc4c(cc3c2)oc2cc3cc(N(c5ccccc5)c5ccccc5C#N)ccc3cc24)c2ccccc2C#N)cc1. The quantitative estimate of drug-likeness (QED) is 0.177. The van der Waals surface area contributed by atoms with Crippen LogP contribution in [0.3, 0.4) is 0 Å². The maximum Gasteiger partial charge on any atom is 0.136 e. The lowest BCUT2D eigenvalue weighted by molar-refractivity contribution is 0.670. The first-order chi connectivity index (χ1) is 25.6. The van der Waals surface area contributed by atoms with E-state index in [1.165, 1.54) is 5.56 Å². The van der Waals surface area contributed by atoms with E-state index >= 15 is 0 Å². The molecule has 1 heterocycles. The number of hydrogen-bond acceptors (Lipinski definition) is 5. The third-order valence-corrected chi connectivity index (χ3v) is 9.71. The smallest absolute Gasteiger partial charge is 0.136 e. The fourth-order valence-electron chi connectivity index (χ4n) is 7.17. The Balaban J connectivity index is 1.17. The molecule has 0 spiro atoms. The van der Waals surface area contributed by atoms with Crippen molar-refractivity contribution in [2.24, 2.45) is 0 Å². The number of hydrogen-bond donors (Lipinski definition) is 0. The van der Waals surface area contributed by atoms with Gasteiger partial charge in [0, 0.05) is 33.5 Å². The van der Waals surface area contributed by atoms with Crippen LogP contribution >= 0.6 is 0 Å². The molecule has 9 rings (SSSR count). The van der Waals surface area contributed by atoms with Gasteiger partial charge in [0.2, 0.25) is 0 Å². The molecule has 0 saturated heterocycles. The first-order valence-corrected chi connectivity index (χ1v) is 17.1. The Bertz CT molecular complexity index is 2900.